The lowest BCUT2D eigenvalue weighted by Crippen LogP contribution is -2.28. The van der Waals surface area contributed by atoms with Gasteiger partial charge in [-0.3, -0.25) is 4.79 Å². The second kappa shape index (κ2) is 6.35. The highest BCUT2D eigenvalue weighted by atomic mass is 16.3. The Kier molecular flexibility index (Phi) is 4.52. The lowest BCUT2D eigenvalue weighted by atomic mass is 9.93. The summed E-state index contributed by atoms with van der Waals surface area (Å²) in [5, 5.41) is 15.4. The summed E-state index contributed by atoms with van der Waals surface area (Å²) in [7, 11) is 0. The van der Waals surface area contributed by atoms with E-state index < -0.39 is 0 Å². The summed E-state index contributed by atoms with van der Waals surface area (Å²) >= 11 is 0. The van der Waals surface area contributed by atoms with Gasteiger partial charge in [0.25, 0.3) is 0 Å². The Labute approximate surface area is 107 Å². The summed E-state index contributed by atoms with van der Waals surface area (Å²) in [6.07, 6.45) is 5.22. The number of pyridine rings is 1. The molecule has 1 aromatic rings. The van der Waals surface area contributed by atoms with Crippen molar-refractivity contribution in [2.45, 2.75) is 25.7 Å². The first-order chi connectivity index (χ1) is 8.75. The van der Waals surface area contributed by atoms with Crippen molar-refractivity contribution >= 4 is 11.7 Å². The van der Waals surface area contributed by atoms with Crippen molar-refractivity contribution < 1.29 is 9.90 Å². The van der Waals surface area contributed by atoms with E-state index in [-0.39, 0.29) is 17.5 Å². The number of nitrogens with zero attached hydrogens (tertiary/aromatic N) is 1. The van der Waals surface area contributed by atoms with Crippen LogP contribution in [0.5, 0.6) is 5.75 Å². The molecule has 2 rings (SSSR count). The van der Waals surface area contributed by atoms with E-state index in [2.05, 4.69) is 15.6 Å². The number of piperidine rings is 1. The molecule has 1 fully saturated rings. The lowest BCUT2D eigenvalue weighted by molar-refractivity contribution is -0.116. The van der Waals surface area contributed by atoms with Gasteiger partial charge in [0.05, 0.1) is 0 Å². The predicted molar refractivity (Wildman–Crippen MR) is 69.4 cm³/mol. The molecule has 0 unspecified atom stereocenters. The minimum atomic E-state index is -0.0810. The quantitative estimate of drug-likeness (QED) is 0.756. The molecular formula is C13H19N3O2. The van der Waals surface area contributed by atoms with Gasteiger partial charge in [-0.25, -0.2) is 4.98 Å². The third kappa shape index (κ3) is 3.70. The third-order valence-corrected chi connectivity index (χ3v) is 3.28. The van der Waals surface area contributed by atoms with Gasteiger partial charge in [-0.05, 0) is 50.4 Å². The van der Waals surface area contributed by atoms with Crippen LogP contribution in [0.3, 0.4) is 0 Å². The summed E-state index contributed by atoms with van der Waals surface area (Å²) < 4.78 is 0. The van der Waals surface area contributed by atoms with Gasteiger partial charge in [-0.15, -0.1) is 0 Å². The zero-order valence-electron chi connectivity index (χ0n) is 10.4. The van der Waals surface area contributed by atoms with E-state index in [1.807, 2.05) is 0 Å². The number of rotatable bonds is 4. The van der Waals surface area contributed by atoms with Crippen LogP contribution >= 0.6 is 0 Å². The smallest absolute Gasteiger partial charge is 0.225 e. The number of aromatic hydroxyl groups is 1. The highest BCUT2D eigenvalue weighted by Crippen LogP contribution is 2.20. The van der Waals surface area contributed by atoms with Gasteiger partial charge in [-0.1, -0.05) is 0 Å². The van der Waals surface area contributed by atoms with Gasteiger partial charge in [0.15, 0.2) is 11.6 Å². The molecule has 0 radical (unpaired) electrons. The van der Waals surface area contributed by atoms with Crippen molar-refractivity contribution in [1.29, 1.82) is 0 Å². The minimum absolute atomic E-state index is 0.00714. The van der Waals surface area contributed by atoms with Crippen LogP contribution in [-0.4, -0.2) is 29.1 Å². The fourth-order valence-electron chi connectivity index (χ4n) is 2.19. The molecule has 0 saturated carbocycles. The van der Waals surface area contributed by atoms with E-state index in [1.54, 1.807) is 12.3 Å². The Bertz CT molecular complexity index is 403. The van der Waals surface area contributed by atoms with Crippen LogP contribution in [0.15, 0.2) is 18.3 Å². The monoisotopic (exact) mass is 249 g/mol. The van der Waals surface area contributed by atoms with E-state index in [4.69, 9.17) is 0 Å². The second-order valence-corrected chi connectivity index (χ2v) is 4.65. The number of carbonyl (C=O) groups is 1. The van der Waals surface area contributed by atoms with E-state index in [9.17, 15) is 9.90 Å². The molecule has 18 heavy (non-hydrogen) atoms. The molecule has 3 N–H and O–H groups in total. The predicted octanol–water partition coefficient (Wildman–Crippen LogP) is 1.51. The number of nitrogens with one attached hydrogen (secondary N) is 2. The number of aromatic nitrogens is 1. The molecule has 1 amide bonds. The van der Waals surface area contributed by atoms with Gasteiger partial charge >= 0.3 is 0 Å². The molecule has 0 aliphatic carbocycles. The number of anilines is 1. The normalized spacial score (nSPS) is 16.4. The fraction of sp³-hybridized carbons (Fsp3) is 0.538. The average Bonchev–Trinajstić information content (AvgIpc) is 2.40. The number of carbonyl (C=O) groups excluding carboxylic acids is 1. The first kappa shape index (κ1) is 12.8. The van der Waals surface area contributed by atoms with Gasteiger partial charge in [0.1, 0.15) is 0 Å². The van der Waals surface area contributed by atoms with Crippen molar-refractivity contribution in [3.05, 3.63) is 18.3 Å². The van der Waals surface area contributed by atoms with Crippen LogP contribution < -0.4 is 10.6 Å². The molecular weight excluding hydrogens is 230 g/mol. The van der Waals surface area contributed by atoms with Gasteiger partial charge in [0.2, 0.25) is 5.91 Å². The van der Waals surface area contributed by atoms with Crippen molar-refractivity contribution in [2.75, 3.05) is 18.4 Å². The van der Waals surface area contributed by atoms with Crippen LogP contribution in [0.25, 0.3) is 0 Å². The Hall–Kier alpha value is -1.62. The Morgan fingerprint density at radius 1 is 1.50 bits per heavy atom. The summed E-state index contributed by atoms with van der Waals surface area (Å²) in [6, 6.07) is 3.13. The van der Waals surface area contributed by atoms with Gasteiger partial charge in [0, 0.05) is 12.6 Å². The second-order valence-electron chi connectivity index (χ2n) is 4.65. The van der Waals surface area contributed by atoms with E-state index in [0.29, 0.717) is 12.3 Å². The minimum Gasteiger partial charge on any atom is -0.504 e. The van der Waals surface area contributed by atoms with Crippen LogP contribution in [0.4, 0.5) is 5.82 Å². The van der Waals surface area contributed by atoms with Crippen molar-refractivity contribution in [1.82, 2.24) is 10.3 Å². The lowest BCUT2D eigenvalue weighted by Gasteiger charge is -2.22. The zero-order valence-corrected chi connectivity index (χ0v) is 10.4. The highest BCUT2D eigenvalue weighted by Gasteiger charge is 2.15. The Morgan fingerprint density at radius 2 is 2.28 bits per heavy atom. The maximum atomic E-state index is 11.7. The van der Waals surface area contributed by atoms with Crippen LogP contribution in [0.1, 0.15) is 25.7 Å². The van der Waals surface area contributed by atoms with E-state index >= 15 is 0 Å². The number of amides is 1. The Morgan fingerprint density at radius 3 is 3.00 bits per heavy atom. The first-order valence-corrected chi connectivity index (χ1v) is 6.40. The standard InChI is InChI=1S/C13H19N3O2/c17-11-2-1-7-15-13(11)16-12(18)4-3-10-5-8-14-9-6-10/h1-2,7,10,14,17H,3-6,8-9H2,(H,15,16,18). The van der Waals surface area contributed by atoms with Gasteiger partial charge in [-0.2, -0.15) is 0 Å². The molecule has 0 aromatic carbocycles. The van der Waals surface area contributed by atoms with Crippen molar-refractivity contribution in [3.8, 4) is 5.75 Å². The van der Waals surface area contributed by atoms with E-state index in [0.717, 1.165) is 32.4 Å². The molecule has 0 spiro atoms. The van der Waals surface area contributed by atoms with Crippen LogP contribution in [0.2, 0.25) is 0 Å². The molecule has 1 aromatic heterocycles. The van der Waals surface area contributed by atoms with Crippen molar-refractivity contribution in [2.24, 2.45) is 5.92 Å². The largest absolute Gasteiger partial charge is 0.504 e. The molecule has 1 saturated heterocycles. The number of hydrogen-bond donors (Lipinski definition) is 3. The molecule has 5 nitrogen and oxygen atoms in total. The summed E-state index contributed by atoms with van der Waals surface area (Å²) in [5.74, 6) is 0.803. The molecule has 1 aliphatic rings. The summed E-state index contributed by atoms with van der Waals surface area (Å²) in [5.41, 5.74) is 0. The molecule has 98 valence electrons. The number of hydrogen-bond acceptors (Lipinski definition) is 4. The molecule has 1 aliphatic heterocycles. The highest BCUT2D eigenvalue weighted by molar-refractivity contribution is 5.90. The topological polar surface area (TPSA) is 74.2 Å². The maximum Gasteiger partial charge on any atom is 0.225 e. The van der Waals surface area contributed by atoms with Crippen LogP contribution in [0, 0.1) is 5.92 Å². The molecule has 5 heteroatoms. The van der Waals surface area contributed by atoms with Gasteiger partial charge < -0.3 is 15.7 Å². The SMILES string of the molecule is O=C(CCC1CCNCC1)Nc1ncccc1O. The fourth-order valence-corrected chi connectivity index (χ4v) is 2.19. The zero-order chi connectivity index (χ0) is 12.8. The van der Waals surface area contributed by atoms with Crippen LogP contribution in [-0.2, 0) is 4.79 Å². The molecule has 0 atom stereocenters. The third-order valence-electron chi connectivity index (χ3n) is 3.28. The maximum absolute atomic E-state index is 11.7. The average molecular weight is 249 g/mol. The summed E-state index contributed by atoms with van der Waals surface area (Å²) in [4.78, 5) is 15.7. The molecule has 0 bridgehead atoms. The molecule has 2 heterocycles. The summed E-state index contributed by atoms with van der Waals surface area (Å²) in [6.45, 7) is 2.10. The van der Waals surface area contributed by atoms with Crippen molar-refractivity contribution in [3.63, 3.8) is 0 Å². The first-order valence-electron chi connectivity index (χ1n) is 6.40. The Balaban J connectivity index is 1.76. The van der Waals surface area contributed by atoms with E-state index in [1.165, 1.54) is 6.07 Å².